The lowest BCUT2D eigenvalue weighted by Gasteiger charge is -2.09. The second-order valence-corrected chi connectivity index (χ2v) is 6.88. The van der Waals surface area contributed by atoms with Gasteiger partial charge in [0.1, 0.15) is 6.26 Å². The predicted molar refractivity (Wildman–Crippen MR) is 100 cm³/mol. The molecular weight excluding hydrogens is 286 g/mol. The summed E-state index contributed by atoms with van der Waals surface area (Å²) in [6, 6.07) is 0. The summed E-state index contributed by atoms with van der Waals surface area (Å²) in [5.41, 5.74) is 5.61. The Labute approximate surface area is 144 Å². The van der Waals surface area contributed by atoms with Gasteiger partial charge < -0.3 is 15.9 Å². The van der Waals surface area contributed by atoms with E-state index in [9.17, 15) is 5.11 Å². The predicted octanol–water partition coefficient (Wildman–Crippen LogP) is 5.97. The second kappa shape index (κ2) is 17.7. The monoisotopic (exact) mass is 327 g/mol. The highest BCUT2D eigenvalue weighted by Crippen LogP contribution is 2.14. The molecule has 3 nitrogen and oxygen atoms in total. The number of unbranched alkanes of at least 4 members (excludes halogenated alkanes) is 14. The van der Waals surface area contributed by atoms with Crippen molar-refractivity contribution < 1.29 is 10.2 Å². The van der Waals surface area contributed by atoms with Gasteiger partial charge in [-0.3, -0.25) is 0 Å². The molecule has 0 aliphatic heterocycles. The highest BCUT2D eigenvalue weighted by atomic mass is 16.3. The Kier molecular flexibility index (Phi) is 17.1. The van der Waals surface area contributed by atoms with E-state index in [0.717, 1.165) is 19.1 Å². The van der Waals surface area contributed by atoms with Gasteiger partial charge in [0.05, 0.1) is 11.8 Å². The van der Waals surface area contributed by atoms with Crippen molar-refractivity contribution >= 4 is 0 Å². The Bertz CT molecular complexity index is 266. The molecule has 0 saturated carbocycles. The Morgan fingerprint density at radius 3 is 1.43 bits per heavy atom. The Hall–Kier alpha value is -0.700. The molecule has 138 valence electrons. The summed E-state index contributed by atoms with van der Waals surface area (Å²) < 4.78 is 0. The van der Waals surface area contributed by atoms with Crippen LogP contribution in [-0.4, -0.2) is 16.3 Å². The first-order valence-corrected chi connectivity index (χ1v) is 10.00. The van der Waals surface area contributed by atoms with Crippen LogP contribution in [0.1, 0.15) is 110 Å². The molecule has 0 aliphatic rings. The van der Waals surface area contributed by atoms with Crippen molar-refractivity contribution in [3.63, 3.8) is 0 Å². The smallest absolute Gasteiger partial charge is 0.101 e. The number of nitrogens with two attached hydrogens (primary N) is 1. The van der Waals surface area contributed by atoms with Crippen LogP contribution in [0.4, 0.5) is 0 Å². The molecule has 3 heteroatoms. The van der Waals surface area contributed by atoms with Crippen molar-refractivity contribution in [3.05, 3.63) is 12.0 Å². The van der Waals surface area contributed by atoms with Crippen LogP contribution in [0.3, 0.4) is 0 Å². The molecule has 0 radical (unpaired) electrons. The molecule has 0 rings (SSSR count). The molecule has 0 aromatic carbocycles. The lowest BCUT2D eigenvalue weighted by atomic mass is 10.0. The zero-order valence-corrected chi connectivity index (χ0v) is 15.4. The van der Waals surface area contributed by atoms with Crippen LogP contribution in [0.15, 0.2) is 12.0 Å². The molecule has 0 unspecified atom stereocenters. The van der Waals surface area contributed by atoms with E-state index in [2.05, 4.69) is 6.92 Å². The maximum absolute atomic E-state index is 9.57. The van der Waals surface area contributed by atoms with Crippen molar-refractivity contribution in [2.75, 3.05) is 0 Å². The van der Waals surface area contributed by atoms with Gasteiger partial charge in [-0.25, -0.2) is 0 Å². The number of hydrogen-bond donors (Lipinski definition) is 3. The second-order valence-electron chi connectivity index (χ2n) is 6.88. The summed E-state index contributed by atoms with van der Waals surface area (Å²) in [4.78, 5) is 0. The van der Waals surface area contributed by atoms with Gasteiger partial charge in [0.25, 0.3) is 0 Å². The summed E-state index contributed by atoms with van der Waals surface area (Å²) in [7, 11) is 0. The number of hydrogen-bond acceptors (Lipinski definition) is 3. The van der Waals surface area contributed by atoms with Crippen molar-refractivity contribution in [2.24, 2.45) is 5.73 Å². The number of rotatable bonds is 17. The van der Waals surface area contributed by atoms with Gasteiger partial charge in [0, 0.05) is 0 Å². The van der Waals surface area contributed by atoms with Crippen LogP contribution in [0.2, 0.25) is 0 Å². The summed E-state index contributed by atoms with van der Waals surface area (Å²) in [5.74, 6) is 0. The van der Waals surface area contributed by atoms with E-state index in [1.54, 1.807) is 0 Å². The Balaban J connectivity index is 3.11. The van der Waals surface area contributed by atoms with Gasteiger partial charge in [-0.2, -0.15) is 0 Å². The van der Waals surface area contributed by atoms with E-state index >= 15 is 0 Å². The average Bonchev–Trinajstić information content (AvgIpc) is 2.57. The maximum Gasteiger partial charge on any atom is 0.101 e. The van der Waals surface area contributed by atoms with Crippen molar-refractivity contribution in [1.29, 1.82) is 0 Å². The van der Waals surface area contributed by atoms with E-state index in [1.165, 1.54) is 83.5 Å². The molecule has 0 heterocycles. The standard InChI is InChI=1S/C20H41NO2/c1-2-3-4-5-6-7-8-9-10-11-12-13-14-15-16-17-20(23)19(21)18-22/h18,20,22-23H,2-17,21H2,1H3/t20-/m1/s1. The first-order chi connectivity index (χ1) is 11.2. The summed E-state index contributed by atoms with van der Waals surface area (Å²) in [6.07, 6.45) is 20.9. The van der Waals surface area contributed by atoms with Gasteiger partial charge in [0.2, 0.25) is 0 Å². The molecule has 1 atom stereocenters. The van der Waals surface area contributed by atoms with Gasteiger partial charge in [-0.1, -0.05) is 103 Å². The van der Waals surface area contributed by atoms with Crippen LogP contribution in [0, 0.1) is 0 Å². The molecule has 0 fully saturated rings. The molecule has 0 saturated heterocycles. The van der Waals surface area contributed by atoms with Gasteiger partial charge in [0.15, 0.2) is 0 Å². The minimum absolute atomic E-state index is 0.176. The molecule has 0 bridgehead atoms. The molecule has 0 amide bonds. The highest BCUT2D eigenvalue weighted by molar-refractivity contribution is 4.97. The van der Waals surface area contributed by atoms with Crippen LogP contribution >= 0.6 is 0 Å². The third-order valence-electron chi connectivity index (χ3n) is 4.61. The zero-order chi connectivity index (χ0) is 17.2. The molecule has 23 heavy (non-hydrogen) atoms. The van der Waals surface area contributed by atoms with Crippen LogP contribution < -0.4 is 5.73 Å². The van der Waals surface area contributed by atoms with Crippen molar-refractivity contribution in [3.8, 4) is 0 Å². The number of aliphatic hydroxyl groups is 2. The minimum atomic E-state index is -0.679. The van der Waals surface area contributed by atoms with E-state index < -0.39 is 6.10 Å². The fourth-order valence-corrected chi connectivity index (χ4v) is 2.96. The highest BCUT2D eigenvalue weighted by Gasteiger charge is 2.06. The summed E-state index contributed by atoms with van der Waals surface area (Å²) >= 11 is 0. The summed E-state index contributed by atoms with van der Waals surface area (Å²) in [5, 5.41) is 18.3. The quantitative estimate of drug-likeness (QED) is 0.228. The lowest BCUT2D eigenvalue weighted by Crippen LogP contribution is -2.17. The molecule has 0 aromatic heterocycles. The molecule has 4 N–H and O–H groups in total. The molecular formula is C20H41NO2. The lowest BCUT2D eigenvalue weighted by molar-refractivity contribution is 0.190. The first kappa shape index (κ1) is 22.3. The van der Waals surface area contributed by atoms with Crippen molar-refractivity contribution in [1.82, 2.24) is 0 Å². The zero-order valence-electron chi connectivity index (χ0n) is 15.4. The fraction of sp³-hybridized carbons (Fsp3) is 0.900. The SMILES string of the molecule is CCCCCCCCCCCCCCCCC[C@@H](O)C(N)=CO. The Morgan fingerprint density at radius 1 is 0.739 bits per heavy atom. The number of aliphatic hydroxyl groups excluding tert-OH is 2. The van der Waals surface area contributed by atoms with Gasteiger partial charge in [-0.05, 0) is 6.42 Å². The first-order valence-electron chi connectivity index (χ1n) is 10.00. The van der Waals surface area contributed by atoms with E-state index in [-0.39, 0.29) is 5.70 Å². The molecule has 0 aromatic rings. The normalized spacial score (nSPS) is 13.4. The maximum atomic E-state index is 9.57. The van der Waals surface area contributed by atoms with E-state index in [4.69, 9.17) is 10.8 Å². The molecule has 0 spiro atoms. The van der Waals surface area contributed by atoms with Crippen LogP contribution in [0.25, 0.3) is 0 Å². The minimum Gasteiger partial charge on any atom is -0.514 e. The fourth-order valence-electron chi connectivity index (χ4n) is 2.96. The van der Waals surface area contributed by atoms with Gasteiger partial charge in [-0.15, -0.1) is 0 Å². The Morgan fingerprint density at radius 2 is 1.09 bits per heavy atom. The van der Waals surface area contributed by atoms with Crippen molar-refractivity contribution in [2.45, 2.75) is 116 Å². The van der Waals surface area contributed by atoms with Crippen LogP contribution in [0.5, 0.6) is 0 Å². The van der Waals surface area contributed by atoms with E-state index in [1.807, 2.05) is 0 Å². The topological polar surface area (TPSA) is 66.5 Å². The van der Waals surface area contributed by atoms with Crippen LogP contribution in [-0.2, 0) is 0 Å². The van der Waals surface area contributed by atoms with E-state index in [0.29, 0.717) is 6.42 Å². The average molecular weight is 328 g/mol. The third-order valence-corrected chi connectivity index (χ3v) is 4.61. The third kappa shape index (κ3) is 16.0. The molecule has 0 aliphatic carbocycles. The summed E-state index contributed by atoms with van der Waals surface area (Å²) in [6.45, 7) is 2.27. The van der Waals surface area contributed by atoms with Gasteiger partial charge >= 0.3 is 0 Å². The largest absolute Gasteiger partial charge is 0.514 e.